The number of rotatable bonds is 7. The fraction of sp³-hybridized carbons (Fsp3) is 0.636. The van der Waals surface area contributed by atoms with Crippen molar-refractivity contribution in [3.63, 3.8) is 0 Å². The van der Waals surface area contributed by atoms with Gasteiger partial charge in [-0.1, -0.05) is 18.3 Å². The van der Waals surface area contributed by atoms with E-state index in [2.05, 4.69) is 10.3 Å². The number of nitrogens with zero attached hydrogens (tertiary/aromatic N) is 2. The molecular weight excluding hydrogens is 300 g/mol. The molecule has 0 unspecified atom stereocenters. The Balaban J connectivity index is 2.69. The zero-order valence-electron chi connectivity index (χ0n) is 11.8. The van der Waals surface area contributed by atoms with E-state index in [0.29, 0.717) is 10.0 Å². The molecule has 0 aliphatic rings. The summed E-state index contributed by atoms with van der Waals surface area (Å²) in [6, 6.07) is 0. The quantitative estimate of drug-likeness (QED) is 0.751. The van der Waals surface area contributed by atoms with E-state index in [1.807, 2.05) is 18.9 Å². The second-order valence-corrected chi connectivity index (χ2v) is 7.76. The van der Waals surface area contributed by atoms with E-state index in [-0.39, 0.29) is 24.0 Å². The first-order valence-corrected chi connectivity index (χ1v) is 9.05. The van der Waals surface area contributed by atoms with Gasteiger partial charge in [0.25, 0.3) is 5.91 Å². The Hall–Kier alpha value is -1.35. The number of hydrogen-bond acceptors (Lipinski definition) is 7. The third-order valence-electron chi connectivity index (χ3n) is 2.49. The lowest BCUT2D eigenvalue weighted by molar-refractivity contribution is 0.0961. The van der Waals surface area contributed by atoms with Gasteiger partial charge < -0.3 is 16.0 Å². The minimum atomic E-state index is -3.09. The molecule has 1 aromatic rings. The minimum absolute atomic E-state index is 0.0646. The van der Waals surface area contributed by atoms with Crippen LogP contribution < -0.4 is 16.0 Å². The van der Waals surface area contributed by atoms with Crippen LogP contribution in [0.5, 0.6) is 0 Å². The van der Waals surface area contributed by atoms with Crippen molar-refractivity contribution in [2.45, 2.75) is 13.3 Å². The predicted molar refractivity (Wildman–Crippen MR) is 82.1 cm³/mol. The van der Waals surface area contributed by atoms with Crippen molar-refractivity contribution < 1.29 is 13.2 Å². The van der Waals surface area contributed by atoms with E-state index in [1.165, 1.54) is 11.3 Å². The van der Waals surface area contributed by atoms with E-state index >= 15 is 0 Å². The fourth-order valence-corrected chi connectivity index (χ4v) is 2.87. The zero-order valence-corrected chi connectivity index (χ0v) is 13.5. The lowest BCUT2D eigenvalue weighted by Gasteiger charge is -2.13. The second-order valence-electron chi connectivity index (χ2n) is 4.52. The van der Waals surface area contributed by atoms with Gasteiger partial charge in [-0.25, -0.2) is 13.4 Å². The molecule has 0 aromatic carbocycles. The molecule has 0 bridgehead atoms. The summed E-state index contributed by atoms with van der Waals surface area (Å²) >= 11 is 1.20. The van der Waals surface area contributed by atoms with Crippen LogP contribution in [0.3, 0.4) is 0 Å². The first kappa shape index (κ1) is 16.7. The van der Waals surface area contributed by atoms with Gasteiger partial charge in [-0.3, -0.25) is 4.79 Å². The van der Waals surface area contributed by atoms with E-state index in [1.54, 1.807) is 0 Å². The van der Waals surface area contributed by atoms with Crippen LogP contribution >= 0.6 is 11.3 Å². The van der Waals surface area contributed by atoms with Crippen molar-refractivity contribution in [3.8, 4) is 0 Å². The average molecular weight is 320 g/mol. The van der Waals surface area contributed by atoms with Gasteiger partial charge in [-0.05, 0) is 6.42 Å². The van der Waals surface area contributed by atoms with Gasteiger partial charge in [-0.15, -0.1) is 0 Å². The number of sulfone groups is 1. The van der Waals surface area contributed by atoms with Crippen molar-refractivity contribution >= 4 is 38.0 Å². The van der Waals surface area contributed by atoms with Gasteiger partial charge in [0.1, 0.15) is 20.5 Å². The molecule has 0 aliphatic heterocycles. The van der Waals surface area contributed by atoms with E-state index in [4.69, 9.17) is 5.73 Å². The van der Waals surface area contributed by atoms with E-state index < -0.39 is 9.84 Å². The number of carbonyl (C=O) groups excluding carboxylic acids is 1. The highest BCUT2D eigenvalue weighted by molar-refractivity contribution is 7.90. The highest BCUT2D eigenvalue weighted by Crippen LogP contribution is 2.27. The number of hydrogen-bond donors (Lipinski definition) is 2. The van der Waals surface area contributed by atoms with Gasteiger partial charge in [0.2, 0.25) is 0 Å². The summed E-state index contributed by atoms with van der Waals surface area (Å²) < 4.78 is 22.0. The topological polar surface area (TPSA) is 105 Å². The minimum Gasteiger partial charge on any atom is -0.382 e. The SMILES string of the molecule is CCCN(C)c1nc(N)c(C(=O)NCCS(C)(=O)=O)s1. The smallest absolute Gasteiger partial charge is 0.265 e. The first-order chi connectivity index (χ1) is 9.24. The summed E-state index contributed by atoms with van der Waals surface area (Å²) in [5.74, 6) is -0.315. The summed E-state index contributed by atoms with van der Waals surface area (Å²) in [5.41, 5.74) is 5.73. The molecule has 0 radical (unpaired) electrons. The van der Waals surface area contributed by atoms with Crippen molar-refractivity contribution in [2.75, 3.05) is 42.8 Å². The van der Waals surface area contributed by atoms with E-state index in [9.17, 15) is 13.2 Å². The highest BCUT2D eigenvalue weighted by Gasteiger charge is 2.18. The lowest BCUT2D eigenvalue weighted by Crippen LogP contribution is -2.28. The number of thiazole rings is 1. The molecule has 0 aliphatic carbocycles. The maximum absolute atomic E-state index is 11.9. The van der Waals surface area contributed by atoms with Crippen LogP contribution in [0.4, 0.5) is 10.9 Å². The van der Waals surface area contributed by atoms with Gasteiger partial charge in [0.15, 0.2) is 5.13 Å². The zero-order chi connectivity index (χ0) is 15.3. The molecule has 0 spiro atoms. The fourth-order valence-electron chi connectivity index (χ4n) is 1.51. The van der Waals surface area contributed by atoms with Gasteiger partial charge >= 0.3 is 0 Å². The third-order valence-corrected chi connectivity index (χ3v) is 4.62. The molecule has 9 heteroatoms. The Morgan fingerprint density at radius 2 is 2.15 bits per heavy atom. The number of anilines is 2. The van der Waals surface area contributed by atoms with Crippen LogP contribution in [0, 0.1) is 0 Å². The molecule has 0 saturated carbocycles. The molecule has 114 valence electrons. The van der Waals surface area contributed by atoms with Crippen molar-refractivity contribution in [3.05, 3.63) is 4.88 Å². The number of nitrogens with one attached hydrogen (secondary N) is 1. The normalized spacial score (nSPS) is 11.3. The van der Waals surface area contributed by atoms with Crippen LogP contribution in [0.2, 0.25) is 0 Å². The molecule has 0 saturated heterocycles. The van der Waals surface area contributed by atoms with Crippen molar-refractivity contribution in [2.24, 2.45) is 0 Å². The Labute approximate surface area is 123 Å². The molecule has 0 fully saturated rings. The maximum Gasteiger partial charge on any atom is 0.265 e. The average Bonchev–Trinajstić information content (AvgIpc) is 2.70. The van der Waals surface area contributed by atoms with Crippen LogP contribution in [-0.4, -0.2) is 51.5 Å². The standard InChI is InChI=1S/C11H20N4O3S2/c1-4-6-15(2)11-14-9(12)8(19-11)10(16)13-5-7-20(3,17)18/h4-7,12H2,1-3H3,(H,13,16). The molecule has 1 heterocycles. The van der Waals surface area contributed by atoms with Crippen LogP contribution in [-0.2, 0) is 9.84 Å². The third kappa shape index (κ3) is 4.97. The van der Waals surface area contributed by atoms with Gasteiger partial charge in [-0.2, -0.15) is 0 Å². The summed E-state index contributed by atoms with van der Waals surface area (Å²) in [7, 11) is -1.21. The summed E-state index contributed by atoms with van der Waals surface area (Å²) in [6.07, 6.45) is 2.09. The van der Waals surface area contributed by atoms with Crippen molar-refractivity contribution in [1.29, 1.82) is 0 Å². The molecule has 20 heavy (non-hydrogen) atoms. The number of amides is 1. The summed E-state index contributed by atoms with van der Waals surface area (Å²) in [5, 5.41) is 3.21. The van der Waals surface area contributed by atoms with Crippen LogP contribution in [0.25, 0.3) is 0 Å². The Morgan fingerprint density at radius 1 is 1.50 bits per heavy atom. The molecule has 3 N–H and O–H groups in total. The van der Waals surface area contributed by atoms with Crippen LogP contribution in [0.15, 0.2) is 0 Å². The Morgan fingerprint density at radius 3 is 2.70 bits per heavy atom. The first-order valence-electron chi connectivity index (χ1n) is 6.18. The molecular formula is C11H20N4O3S2. The highest BCUT2D eigenvalue weighted by atomic mass is 32.2. The van der Waals surface area contributed by atoms with Crippen molar-refractivity contribution in [1.82, 2.24) is 10.3 Å². The largest absolute Gasteiger partial charge is 0.382 e. The predicted octanol–water partition coefficient (Wildman–Crippen LogP) is 0.346. The molecule has 1 amide bonds. The summed E-state index contributed by atoms with van der Waals surface area (Å²) in [6.45, 7) is 2.93. The van der Waals surface area contributed by atoms with Crippen LogP contribution in [0.1, 0.15) is 23.0 Å². The molecule has 7 nitrogen and oxygen atoms in total. The van der Waals surface area contributed by atoms with Gasteiger partial charge in [0.05, 0.1) is 5.75 Å². The number of nitrogen functional groups attached to an aromatic ring is 1. The van der Waals surface area contributed by atoms with E-state index in [0.717, 1.165) is 19.2 Å². The number of aromatic nitrogens is 1. The Kier molecular flexibility index (Phi) is 5.75. The maximum atomic E-state index is 11.9. The lowest BCUT2D eigenvalue weighted by atomic mass is 10.4. The summed E-state index contributed by atoms with van der Waals surface area (Å²) in [4.78, 5) is 18.3. The number of carbonyl (C=O) groups is 1. The molecule has 1 aromatic heterocycles. The molecule has 0 atom stereocenters. The monoisotopic (exact) mass is 320 g/mol. The number of nitrogens with two attached hydrogens (primary N) is 1. The second kappa shape index (κ2) is 6.89. The Bertz CT molecular complexity index is 568. The molecule has 1 rings (SSSR count). The van der Waals surface area contributed by atoms with Gasteiger partial charge in [0, 0.05) is 26.4 Å².